The summed E-state index contributed by atoms with van der Waals surface area (Å²) in [5, 5.41) is 9.07. The quantitative estimate of drug-likeness (QED) is 0.669. The highest BCUT2D eigenvalue weighted by atomic mass is 35.5. The van der Waals surface area contributed by atoms with Crippen LogP contribution in [0.1, 0.15) is 18.4 Å². The van der Waals surface area contributed by atoms with Gasteiger partial charge in [-0.25, -0.2) is 4.79 Å². The van der Waals surface area contributed by atoms with Gasteiger partial charge in [0.25, 0.3) is 0 Å². The zero-order valence-electron chi connectivity index (χ0n) is 13.1. The van der Waals surface area contributed by atoms with E-state index in [4.69, 9.17) is 11.6 Å². The van der Waals surface area contributed by atoms with Crippen LogP contribution in [0.25, 0.3) is 10.8 Å². The summed E-state index contributed by atoms with van der Waals surface area (Å²) in [6, 6.07) is 21.5. The fourth-order valence-electron chi connectivity index (χ4n) is 3.14. The van der Waals surface area contributed by atoms with Crippen LogP contribution in [0.4, 0.5) is 10.5 Å². The molecule has 24 heavy (non-hydrogen) atoms. The molecule has 3 aromatic rings. The minimum Gasteiger partial charge on any atom is -0.328 e. The van der Waals surface area contributed by atoms with Gasteiger partial charge in [-0.1, -0.05) is 54.1 Å². The van der Waals surface area contributed by atoms with Crippen LogP contribution < -0.4 is 10.6 Å². The summed E-state index contributed by atoms with van der Waals surface area (Å²) in [6.45, 7) is 0. The average molecular weight is 337 g/mol. The van der Waals surface area contributed by atoms with E-state index in [0.29, 0.717) is 5.02 Å². The molecule has 0 heterocycles. The first-order valence-corrected chi connectivity index (χ1v) is 8.37. The van der Waals surface area contributed by atoms with Crippen molar-refractivity contribution in [3.8, 4) is 0 Å². The predicted molar refractivity (Wildman–Crippen MR) is 98.5 cm³/mol. The molecule has 4 heteroatoms. The van der Waals surface area contributed by atoms with Gasteiger partial charge in [0, 0.05) is 10.7 Å². The Kier molecular flexibility index (Phi) is 3.66. The first-order valence-electron chi connectivity index (χ1n) is 7.99. The molecule has 0 unspecified atom stereocenters. The van der Waals surface area contributed by atoms with E-state index in [1.165, 1.54) is 16.3 Å². The van der Waals surface area contributed by atoms with E-state index in [1.807, 2.05) is 12.1 Å². The average Bonchev–Trinajstić information content (AvgIpc) is 3.37. The maximum atomic E-state index is 12.4. The molecule has 1 fully saturated rings. The lowest BCUT2D eigenvalue weighted by Crippen LogP contribution is -2.38. The third kappa shape index (κ3) is 2.83. The summed E-state index contributed by atoms with van der Waals surface area (Å²) in [7, 11) is 0. The second kappa shape index (κ2) is 5.84. The Morgan fingerprint density at radius 1 is 0.917 bits per heavy atom. The van der Waals surface area contributed by atoms with Crippen molar-refractivity contribution in [2.75, 3.05) is 5.32 Å². The highest BCUT2D eigenvalue weighted by Crippen LogP contribution is 2.47. The maximum absolute atomic E-state index is 12.4. The molecule has 4 rings (SSSR count). The van der Waals surface area contributed by atoms with Crippen LogP contribution in [0, 0.1) is 0 Å². The molecule has 0 aromatic heterocycles. The number of carbonyl (C=O) groups excluding carboxylic acids is 1. The minimum atomic E-state index is -0.266. The molecule has 2 N–H and O–H groups in total. The van der Waals surface area contributed by atoms with E-state index in [1.54, 1.807) is 24.3 Å². The topological polar surface area (TPSA) is 41.1 Å². The molecule has 1 aliphatic carbocycles. The van der Waals surface area contributed by atoms with Crippen molar-refractivity contribution < 1.29 is 4.79 Å². The number of hydrogen-bond donors (Lipinski definition) is 2. The number of hydrogen-bond acceptors (Lipinski definition) is 1. The van der Waals surface area contributed by atoms with Gasteiger partial charge in [0.2, 0.25) is 0 Å². The molecule has 0 atom stereocenters. The van der Waals surface area contributed by atoms with Gasteiger partial charge < -0.3 is 10.6 Å². The SMILES string of the molecule is O=C(Nc1ccc(Cl)cc1)NC1(c2cccc3ccccc23)CC1. The van der Waals surface area contributed by atoms with Crippen molar-refractivity contribution in [2.24, 2.45) is 0 Å². The molecule has 120 valence electrons. The van der Waals surface area contributed by atoms with Crippen molar-refractivity contribution in [3.05, 3.63) is 77.3 Å². The van der Waals surface area contributed by atoms with Crippen molar-refractivity contribution in [3.63, 3.8) is 0 Å². The summed E-state index contributed by atoms with van der Waals surface area (Å²) >= 11 is 5.87. The van der Waals surface area contributed by atoms with Gasteiger partial charge in [-0.3, -0.25) is 0 Å². The van der Waals surface area contributed by atoms with Gasteiger partial charge in [-0.15, -0.1) is 0 Å². The smallest absolute Gasteiger partial charge is 0.319 e. The van der Waals surface area contributed by atoms with Gasteiger partial charge in [-0.05, 0) is 53.4 Å². The Morgan fingerprint density at radius 3 is 2.38 bits per heavy atom. The van der Waals surface area contributed by atoms with Gasteiger partial charge >= 0.3 is 6.03 Å². The molecule has 0 radical (unpaired) electrons. The van der Waals surface area contributed by atoms with Crippen LogP contribution in [0.5, 0.6) is 0 Å². The number of amides is 2. The van der Waals surface area contributed by atoms with Gasteiger partial charge in [0.05, 0.1) is 5.54 Å². The number of urea groups is 1. The lowest BCUT2D eigenvalue weighted by atomic mass is 9.97. The number of anilines is 1. The fraction of sp³-hybridized carbons (Fsp3) is 0.150. The second-order valence-electron chi connectivity index (χ2n) is 6.19. The van der Waals surface area contributed by atoms with E-state index >= 15 is 0 Å². The molecule has 2 amide bonds. The Labute approximate surface area is 145 Å². The summed E-state index contributed by atoms with van der Waals surface area (Å²) in [5.74, 6) is 0. The molecule has 1 aliphatic rings. The molecule has 0 spiro atoms. The van der Waals surface area contributed by atoms with Crippen LogP contribution in [0.2, 0.25) is 5.02 Å². The van der Waals surface area contributed by atoms with Gasteiger partial charge in [-0.2, -0.15) is 0 Å². The van der Waals surface area contributed by atoms with Crippen molar-refractivity contribution in [2.45, 2.75) is 18.4 Å². The minimum absolute atomic E-state index is 0.192. The van der Waals surface area contributed by atoms with E-state index in [-0.39, 0.29) is 11.6 Å². The molecule has 0 saturated heterocycles. The van der Waals surface area contributed by atoms with Gasteiger partial charge in [0.1, 0.15) is 0 Å². The standard InChI is InChI=1S/C20H17ClN2O/c21-15-8-10-16(11-9-15)22-19(24)23-20(12-13-20)18-7-3-5-14-4-1-2-6-17(14)18/h1-11H,12-13H2,(H2,22,23,24). The third-order valence-corrected chi connectivity index (χ3v) is 4.76. The highest BCUT2D eigenvalue weighted by molar-refractivity contribution is 6.30. The molecular weight excluding hydrogens is 320 g/mol. The van der Waals surface area contributed by atoms with Crippen LogP contribution in [0.3, 0.4) is 0 Å². The molecule has 0 bridgehead atoms. The Hall–Kier alpha value is -2.52. The molecule has 3 aromatic carbocycles. The van der Waals surface area contributed by atoms with Crippen molar-refractivity contribution in [1.29, 1.82) is 0 Å². The number of rotatable bonds is 3. The number of halogens is 1. The predicted octanol–water partition coefficient (Wildman–Crippen LogP) is 5.30. The Bertz CT molecular complexity index is 896. The first-order chi connectivity index (χ1) is 11.7. The molecular formula is C20H17ClN2O. The molecule has 1 saturated carbocycles. The maximum Gasteiger partial charge on any atom is 0.319 e. The van der Waals surface area contributed by atoms with Crippen LogP contribution in [-0.2, 0) is 5.54 Å². The number of fused-ring (bicyclic) bond motifs is 1. The zero-order chi connectivity index (χ0) is 16.6. The lowest BCUT2D eigenvalue weighted by molar-refractivity contribution is 0.247. The van der Waals surface area contributed by atoms with Crippen molar-refractivity contribution in [1.82, 2.24) is 5.32 Å². The third-order valence-electron chi connectivity index (χ3n) is 4.51. The van der Waals surface area contributed by atoms with Gasteiger partial charge in [0.15, 0.2) is 0 Å². The fourth-order valence-corrected chi connectivity index (χ4v) is 3.27. The summed E-state index contributed by atoms with van der Waals surface area (Å²) in [5.41, 5.74) is 1.65. The lowest BCUT2D eigenvalue weighted by Gasteiger charge is -2.20. The summed E-state index contributed by atoms with van der Waals surface area (Å²) in [4.78, 5) is 12.4. The summed E-state index contributed by atoms with van der Waals surface area (Å²) in [6.07, 6.45) is 1.91. The number of benzene rings is 3. The van der Waals surface area contributed by atoms with E-state index in [9.17, 15) is 4.79 Å². The molecule has 3 nitrogen and oxygen atoms in total. The number of carbonyl (C=O) groups is 1. The number of nitrogens with one attached hydrogen (secondary N) is 2. The Balaban J connectivity index is 1.57. The second-order valence-corrected chi connectivity index (χ2v) is 6.63. The van der Waals surface area contributed by atoms with Crippen LogP contribution >= 0.6 is 11.6 Å². The first kappa shape index (κ1) is 15.0. The van der Waals surface area contributed by atoms with Crippen LogP contribution in [0.15, 0.2) is 66.7 Å². The van der Waals surface area contributed by atoms with E-state index in [2.05, 4.69) is 41.0 Å². The monoisotopic (exact) mass is 336 g/mol. The van der Waals surface area contributed by atoms with Crippen LogP contribution in [-0.4, -0.2) is 6.03 Å². The summed E-state index contributed by atoms with van der Waals surface area (Å²) < 4.78 is 0. The highest BCUT2D eigenvalue weighted by Gasteiger charge is 2.46. The largest absolute Gasteiger partial charge is 0.328 e. The van der Waals surface area contributed by atoms with E-state index < -0.39 is 0 Å². The molecule has 0 aliphatic heterocycles. The Morgan fingerprint density at radius 2 is 1.62 bits per heavy atom. The van der Waals surface area contributed by atoms with Crippen molar-refractivity contribution >= 4 is 34.1 Å². The zero-order valence-corrected chi connectivity index (χ0v) is 13.8. The van der Waals surface area contributed by atoms with E-state index in [0.717, 1.165) is 18.5 Å². The normalized spacial score (nSPS) is 15.0.